The number of aryl methyl sites for hydroxylation is 1. The summed E-state index contributed by atoms with van der Waals surface area (Å²) in [5.41, 5.74) is 1.95. The Bertz CT molecular complexity index is 383. The van der Waals surface area contributed by atoms with Gasteiger partial charge in [-0.15, -0.1) is 0 Å². The minimum atomic E-state index is 0.134. The number of ketones is 1. The third-order valence-electron chi connectivity index (χ3n) is 2.58. The maximum Gasteiger partial charge on any atom is 0.160 e. The maximum atomic E-state index is 11.4. The summed E-state index contributed by atoms with van der Waals surface area (Å²) in [4.78, 5) is 11.4. The fraction of sp³-hybridized carbons (Fsp3) is 0.417. The van der Waals surface area contributed by atoms with Gasteiger partial charge in [-0.05, 0) is 37.5 Å². The molecule has 0 N–H and O–H groups in total. The van der Waals surface area contributed by atoms with Gasteiger partial charge in [-0.25, -0.2) is 0 Å². The predicted molar refractivity (Wildman–Crippen MR) is 62.2 cm³/mol. The number of ether oxygens (including phenoxy) is 1. The van der Waals surface area contributed by atoms with Gasteiger partial charge in [0.05, 0.1) is 12.7 Å². The molecule has 80 valence electrons. The van der Waals surface area contributed by atoms with Crippen molar-refractivity contribution in [3.05, 3.63) is 33.8 Å². The number of hydrogen-bond donors (Lipinski definition) is 0. The van der Waals surface area contributed by atoms with Gasteiger partial charge in [0.2, 0.25) is 0 Å². The lowest BCUT2D eigenvalue weighted by molar-refractivity contribution is 0.101. The fourth-order valence-electron chi connectivity index (χ4n) is 1.66. The third kappa shape index (κ3) is 2.89. The Morgan fingerprint density at radius 1 is 1.60 bits per heavy atom. The molecule has 1 atom stereocenters. The molecule has 1 aromatic carbocycles. The summed E-state index contributed by atoms with van der Waals surface area (Å²) < 4.78 is 6.19. The van der Waals surface area contributed by atoms with Crippen LogP contribution in [0.5, 0.6) is 0 Å². The molecule has 1 aromatic rings. The van der Waals surface area contributed by atoms with Gasteiger partial charge in [0.25, 0.3) is 0 Å². The molecule has 2 nitrogen and oxygen atoms in total. The molecule has 0 aliphatic carbocycles. The molecule has 0 bridgehead atoms. The molecule has 3 heteroatoms. The van der Waals surface area contributed by atoms with E-state index < -0.39 is 0 Å². The summed E-state index contributed by atoms with van der Waals surface area (Å²) in [5.74, 6) is 0.134. The van der Waals surface area contributed by atoms with Crippen molar-refractivity contribution in [1.82, 2.24) is 0 Å². The first-order valence-electron chi connectivity index (χ1n) is 5.08. The van der Waals surface area contributed by atoms with Gasteiger partial charge in [0.15, 0.2) is 5.78 Å². The highest BCUT2D eigenvalue weighted by Crippen LogP contribution is 2.22. The van der Waals surface area contributed by atoms with Crippen LogP contribution in [0.4, 0.5) is 0 Å². The number of epoxide rings is 1. The van der Waals surface area contributed by atoms with Crippen LogP contribution in [0.15, 0.2) is 22.7 Å². The first-order valence-corrected chi connectivity index (χ1v) is 5.87. The summed E-state index contributed by atoms with van der Waals surface area (Å²) in [7, 11) is 0. The maximum absolute atomic E-state index is 11.4. The summed E-state index contributed by atoms with van der Waals surface area (Å²) in [6.45, 7) is 2.49. The summed E-state index contributed by atoms with van der Waals surface area (Å²) >= 11 is 3.43. The van der Waals surface area contributed by atoms with Crippen molar-refractivity contribution in [3.8, 4) is 0 Å². The molecule has 0 amide bonds. The zero-order chi connectivity index (χ0) is 10.8. The summed E-state index contributed by atoms with van der Waals surface area (Å²) in [5, 5.41) is 0. The van der Waals surface area contributed by atoms with Crippen molar-refractivity contribution in [3.63, 3.8) is 0 Å². The topological polar surface area (TPSA) is 29.6 Å². The van der Waals surface area contributed by atoms with Crippen LogP contribution in [0.3, 0.4) is 0 Å². The quantitative estimate of drug-likeness (QED) is 0.621. The van der Waals surface area contributed by atoms with Crippen molar-refractivity contribution in [2.75, 3.05) is 6.61 Å². The Kier molecular flexibility index (Phi) is 3.22. The highest BCUT2D eigenvalue weighted by Gasteiger charge is 2.22. The van der Waals surface area contributed by atoms with E-state index in [0.29, 0.717) is 6.10 Å². The number of benzene rings is 1. The molecule has 1 heterocycles. The number of carbonyl (C=O) groups excluding carboxylic acids is 1. The van der Waals surface area contributed by atoms with Crippen molar-refractivity contribution >= 4 is 21.7 Å². The van der Waals surface area contributed by atoms with Crippen molar-refractivity contribution in [2.24, 2.45) is 0 Å². The Labute approximate surface area is 97.8 Å². The Hall–Kier alpha value is -0.670. The molecule has 1 fully saturated rings. The predicted octanol–water partition coefficient (Wildman–Crippen LogP) is 2.98. The first-order chi connectivity index (χ1) is 7.16. The molecular weight excluding hydrogens is 256 g/mol. The van der Waals surface area contributed by atoms with Gasteiger partial charge in [-0.2, -0.15) is 0 Å². The SMILES string of the molecule is CC(=O)c1ccc(Br)cc1CC[C@@H]1CO1. The van der Waals surface area contributed by atoms with E-state index in [9.17, 15) is 4.79 Å². The van der Waals surface area contributed by atoms with Gasteiger partial charge < -0.3 is 4.74 Å². The van der Waals surface area contributed by atoms with Crippen molar-refractivity contribution in [2.45, 2.75) is 25.9 Å². The zero-order valence-corrected chi connectivity index (χ0v) is 10.2. The Balaban J connectivity index is 2.16. The molecule has 0 unspecified atom stereocenters. The second-order valence-electron chi connectivity index (χ2n) is 3.85. The van der Waals surface area contributed by atoms with E-state index in [0.717, 1.165) is 35.0 Å². The van der Waals surface area contributed by atoms with E-state index >= 15 is 0 Å². The average molecular weight is 269 g/mol. The van der Waals surface area contributed by atoms with Gasteiger partial charge in [0.1, 0.15) is 0 Å². The van der Waals surface area contributed by atoms with Gasteiger partial charge >= 0.3 is 0 Å². The normalized spacial score (nSPS) is 18.9. The van der Waals surface area contributed by atoms with Gasteiger partial charge in [-0.3, -0.25) is 4.79 Å². The van der Waals surface area contributed by atoms with Crippen LogP contribution in [0.1, 0.15) is 29.3 Å². The molecule has 0 saturated carbocycles. The van der Waals surface area contributed by atoms with Gasteiger partial charge in [-0.1, -0.05) is 22.0 Å². The van der Waals surface area contributed by atoms with E-state index in [-0.39, 0.29) is 5.78 Å². The van der Waals surface area contributed by atoms with Crippen LogP contribution in [0, 0.1) is 0 Å². The van der Waals surface area contributed by atoms with E-state index in [4.69, 9.17) is 4.74 Å². The number of rotatable bonds is 4. The largest absolute Gasteiger partial charge is 0.373 e. The summed E-state index contributed by atoms with van der Waals surface area (Å²) in [6.07, 6.45) is 2.35. The number of halogens is 1. The minimum absolute atomic E-state index is 0.134. The molecule has 1 aliphatic rings. The smallest absolute Gasteiger partial charge is 0.160 e. The number of carbonyl (C=O) groups is 1. The first kappa shape index (κ1) is 10.8. The standard InChI is InChI=1S/C12H13BrO2/c1-8(14)12-5-3-10(13)6-9(12)2-4-11-7-15-11/h3,5-6,11H,2,4,7H2,1H3/t11-/m1/s1. The molecule has 2 rings (SSSR count). The highest BCUT2D eigenvalue weighted by molar-refractivity contribution is 9.10. The van der Waals surface area contributed by atoms with E-state index in [2.05, 4.69) is 15.9 Å². The van der Waals surface area contributed by atoms with Crippen molar-refractivity contribution < 1.29 is 9.53 Å². The molecule has 0 aromatic heterocycles. The second kappa shape index (κ2) is 4.45. The lowest BCUT2D eigenvalue weighted by atomic mass is 10.00. The van der Waals surface area contributed by atoms with Crippen LogP contribution >= 0.6 is 15.9 Å². The van der Waals surface area contributed by atoms with Crippen molar-refractivity contribution in [1.29, 1.82) is 0 Å². The van der Waals surface area contributed by atoms with Gasteiger partial charge in [0, 0.05) is 10.0 Å². The molecular formula is C12H13BrO2. The number of Topliss-reactive ketones (excluding diaryl/α,β-unsaturated/α-hetero) is 1. The number of hydrogen-bond acceptors (Lipinski definition) is 2. The third-order valence-corrected chi connectivity index (χ3v) is 3.08. The second-order valence-corrected chi connectivity index (χ2v) is 4.77. The summed E-state index contributed by atoms with van der Waals surface area (Å²) in [6, 6.07) is 5.82. The highest BCUT2D eigenvalue weighted by atomic mass is 79.9. The minimum Gasteiger partial charge on any atom is -0.373 e. The van der Waals surface area contributed by atoms with E-state index in [1.165, 1.54) is 0 Å². The molecule has 0 spiro atoms. The molecule has 15 heavy (non-hydrogen) atoms. The monoisotopic (exact) mass is 268 g/mol. The lowest BCUT2D eigenvalue weighted by Crippen LogP contribution is -2.01. The van der Waals surface area contributed by atoms with Crippen LogP contribution in [-0.4, -0.2) is 18.5 Å². The van der Waals surface area contributed by atoms with Crippen LogP contribution in [0.2, 0.25) is 0 Å². The van der Waals surface area contributed by atoms with Crippen LogP contribution in [-0.2, 0) is 11.2 Å². The van der Waals surface area contributed by atoms with Crippen LogP contribution in [0.25, 0.3) is 0 Å². The van der Waals surface area contributed by atoms with E-state index in [1.807, 2.05) is 18.2 Å². The molecule has 1 aliphatic heterocycles. The lowest BCUT2D eigenvalue weighted by Gasteiger charge is -2.06. The molecule has 0 radical (unpaired) electrons. The average Bonchev–Trinajstić information content (AvgIpc) is 2.97. The molecule has 1 saturated heterocycles. The Morgan fingerprint density at radius 3 is 2.93 bits per heavy atom. The zero-order valence-electron chi connectivity index (χ0n) is 8.63. The Morgan fingerprint density at radius 2 is 2.33 bits per heavy atom. The fourth-order valence-corrected chi connectivity index (χ4v) is 2.07. The van der Waals surface area contributed by atoms with E-state index in [1.54, 1.807) is 6.92 Å². The van der Waals surface area contributed by atoms with Crippen LogP contribution < -0.4 is 0 Å².